The maximum absolute atomic E-state index is 4.50. The fraction of sp³-hybridized carbons (Fsp3) is 0.786. The molecule has 1 N–H and O–H groups in total. The third-order valence-corrected chi connectivity index (χ3v) is 4.95. The SMILES string of the molecule is CCC1(CC)C(NC)CC1c1cn(C)nc1C. The van der Waals surface area contributed by atoms with Crippen LogP contribution in [0, 0.1) is 12.3 Å². The Hall–Kier alpha value is -0.830. The molecular weight excluding hydrogens is 210 g/mol. The van der Waals surface area contributed by atoms with E-state index in [1.807, 2.05) is 11.7 Å². The van der Waals surface area contributed by atoms with Crippen molar-refractivity contribution in [3.8, 4) is 0 Å². The van der Waals surface area contributed by atoms with Crippen molar-refractivity contribution >= 4 is 0 Å². The van der Waals surface area contributed by atoms with E-state index < -0.39 is 0 Å². The molecule has 0 saturated heterocycles. The van der Waals surface area contributed by atoms with Gasteiger partial charge in [0.1, 0.15) is 0 Å². The van der Waals surface area contributed by atoms with Crippen molar-refractivity contribution in [3.05, 3.63) is 17.5 Å². The second-order valence-corrected chi connectivity index (χ2v) is 5.41. The first-order valence-corrected chi connectivity index (χ1v) is 6.76. The van der Waals surface area contributed by atoms with Gasteiger partial charge in [-0.2, -0.15) is 5.10 Å². The van der Waals surface area contributed by atoms with Gasteiger partial charge in [0.2, 0.25) is 0 Å². The topological polar surface area (TPSA) is 29.9 Å². The molecule has 0 radical (unpaired) electrons. The Labute approximate surface area is 105 Å². The van der Waals surface area contributed by atoms with Crippen molar-refractivity contribution < 1.29 is 0 Å². The van der Waals surface area contributed by atoms with E-state index in [2.05, 4.69) is 44.4 Å². The Bertz CT molecular complexity index is 390. The fourth-order valence-corrected chi connectivity index (χ4v) is 3.83. The minimum atomic E-state index is 0.433. The minimum absolute atomic E-state index is 0.433. The van der Waals surface area contributed by atoms with E-state index in [-0.39, 0.29) is 0 Å². The highest BCUT2D eigenvalue weighted by molar-refractivity contribution is 5.29. The molecule has 0 aromatic carbocycles. The Morgan fingerprint density at radius 2 is 2.12 bits per heavy atom. The first-order chi connectivity index (χ1) is 8.08. The predicted octanol–water partition coefficient (Wildman–Crippen LogP) is 2.61. The molecule has 0 aliphatic heterocycles. The van der Waals surface area contributed by atoms with Crippen LogP contribution in [-0.2, 0) is 7.05 Å². The summed E-state index contributed by atoms with van der Waals surface area (Å²) >= 11 is 0. The number of nitrogens with zero attached hydrogens (tertiary/aromatic N) is 2. The highest BCUT2D eigenvalue weighted by Gasteiger charge is 2.52. The average molecular weight is 235 g/mol. The Morgan fingerprint density at radius 1 is 1.47 bits per heavy atom. The zero-order valence-electron chi connectivity index (χ0n) is 11.7. The molecule has 0 amide bonds. The lowest BCUT2D eigenvalue weighted by Crippen LogP contribution is -2.57. The Kier molecular flexibility index (Phi) is 3.30. The number of nitrogens with one attached hydrogen (secondary N) is 1. The molecule has 3 nitrogen and oxygen atoms in total. The molecule has 2 unspecified atom stereocenters. The smallest absolute Gasteiger partial charge is 0.0628 e. The van der Waals surface area contributed by atoms with E-state index in [0.29, 0.717) is 17.4 Å². The molecule has 3 heteroatoms. The molecule has 1 aromatic heterocycles. The highest BCUT2D eigenvalue weighted by Crippen LogP contribution is 2.57. The molecule has 1 aliphatic rings. The summed E-state index contributed by atoms with van der Waals surface area (Å²) in [4.78, 5) is 0. The molecular formula is C14H25N3. The summed E-state index contributed by atoms with van der Waals surface area (Å²) in [5, 5.41) is 7.99. The van der Waals surface area contributed by atoms with Crippen molar-refractivity contribution in [1.29, 1.82) is 0 Å². The van der Waals surface area contributed by atoms with Crippen LogP contribution in [0.3, 0.4) is 0 Å². The van der Waals surface area contributed by atoms with Crippen molar-refractivity contribution in [2.24, 2.45) is 12.5 Å². The molecule has 1 aromatic rings. The molecule has 0 spiro atoms. The zero-order valence-corrected chi connectivity index (χ0v) is 11.7. The molecule has 1 heterocycles. The van der Waals surface area contributed by atoms with E-state index in [9.17, 15) is 0 Å². The van der Waals surface area contributed by atoms with Crippen molar-refractivity contribution in [2.45, 2.75) is 52.0 Å². The molecule has 96 valence electrons. The first kappa shape index (κ1) is 12.6. The van der Waals surface area contributed by atoms with Crippen LogP contribution in [0.1, 0.15) is 50.3 Å². The van der Waals surface area contributed by atoms with Gasteiger partial charge < -0.3 is 5.32 Å². The van der Waals surface area contributed by atoms with Crippen LogP contribution >= 0.6 is 0 Å². The average Bonchev–Trinajstić information content (AvgIpc) is 2.59. The normalized spacial score (nSPS) is 26.9. The third kappa shape index (κ3) is 1.71. The lowest BCUT2D eigenvalue weighted by atomic mass is 9.52. The Balaban J connectivity index is 2.31. The van der Waals surface area contributed by atoms with Crippen molar-refractivity contribution in [1.82, 2.24) is 15.1 Å². The third-order valence-electron chi connectivity index (χ3n) is 4.95. The zero-order chi connectivity index (χ0) is 12.6. The van der Waals surface area contributed by atoms with Gasteiger partial charge in [-0.3, -0.25) is 4.68 Å². The van der Waals surface area contributed by atoms with Gasteiger partial charge in [-0.05, 0) is 50.1 Å². The molecule has 0 bridgehead atoms. The van der Waals surface area contributed by atoms with Crippen LogP contribution in [0.2, 0.25) is 0 Å². The lowest BCUT2D eigenvalue weighted by Gasteiger charge is -2.56. The summed E-state index contributed by atoms with van der Waals surface area (Å²) in [6, 6.07) is 0.669. The molecule has 2 atom stereocenters. The van der Waals surface area contributed by atoms with E-state index >= 15 is 0 Å². The molecule has 2 rings (SSSR count). The van der Waals surface area contributed by atoms with Crippen LogP contribution in [0.25, 0.3) is 0 Å². The number of rotatable bonds is 4. The Morgan fingerprint density at radius 3 is 2.53 bits per heavy atom. The molecule has 17 heavy (non-hydrogen) atoms. The highest BCUT2D eigenvalue weighted by atomic mass is 15.2. The van der Waals surface area contributed by atoms with Crippen LogP contribution < -0.4 is 5.32 Å². The van der Waals surface area contributed by atoms with Gasteiger partial charge in [0, 0.05) is 19.3 Å². The standard InChI is InChI=1S/C14H25N3/c1-6-14(7-2)12(8-13(14)15-4)11-9-17(5)16-10(11)3/h9,12-13,15H,6-8H2,1-5H3. The van der Waals surface area contributed by atoms with Gasteiger partial charge in [-0.1, -0.05) is 13.8 Å². The van der Waals surface area contributed by atoms with Gasteiger partial charge >= 0.3 is 0 Å². The lowest BCUT2D eigenvalue weighted by molar-refractivity contribution is 0.0242. The van der Waals surface area contributed by atoms with E-state index in [1.165, 1.54) is 30.5 Å². The van der Waals surface area contributed by atoms with Crippen LogP contribution in [0.15, 0.2) is 6.20 Å². The number of hydrogen-bond donors (Lipinski definition) is 1. The summed E-state index contributed by atoms with van der Waals surface area (Å²) in [5.41, 5.74) is 3.10. The summed E-state index contributed by atoms with van der Waals surface area (Å²) in [6.07, 6.45) is 5.96. The molecule has 1 fully saturated rings. The monoisotopic (exact) mass is 235 g/mol. The minimum Gasteiger partial charge on any atom is -0.316 e. The molecule has 1 aliphatic carbocycles. The maximum atomic E-state index is 4.50. The molecule has 1 saturated carbocycles. The predicted molar refractivity (Wildman–Crippen MR) is 71.2 cm³/mol. The van der Waals surface area contributed by atoms with Crippen LogP contribution in [-0.4, -0.2) is 22.9 Å². The number of aryl methyl sites for hydroxylation is 2. The van der Waals surface area contributed by atoms with Crippen LogP contribution in [0.4, 0.5) is 0 Å². The van der Waals surface area contributed by atoms with Crippen molar-refractivity contribution in [2.75, 3.05) is 7.05 Å². The second-order valence-electron chi connectivity index (χ2n) is 5.41. The largest absolute Gasteiger partial charge is 0.316 e. The number of aromatic nitrogens is 2. The van der Waals surface area contributed by atoms with Crippen LogP contribution in [0.5, 0.6) is 0 Å². The number of hydrogen-bond acceptors (Lipinski definition) is 2. The second kappa shape index (κ2) is 4.45. The quantitative estimate of drug-likeness (QED) is 0.869. The summed E-state index contributed by atoms with van der Waals surface area (Å²) < 4.78 is 1.95. The van der Waals surface area contributed by atoms with Gasteiger partial charge in [0.05, 0.1) is 5.69 Å². The summed E-state index contributed by atoms with van der Waals surface area (Å²) in [7, 11) is 4.11. The van der Waals surface area contributed by atoms with Gasteiger partial charge in [-0.25, -0.2) is 0 Å². The van der Waals surface area contributed by atoms with Crippen molar-refractivity contribution in [3.63, 3.8) is 0 Å². The summed E-state index contributed by atoms with van der Waals surface area (Å²) in [5.74, 6) is 0.684. The van der Waals surface area contributed by atoms with E-state index in [0.717, 1.165) is 0 Å². The van der Waals surface area contributed by atoms with Gasteiger partial charge in [0.15, 0.2) is 0 Å². The first-order valence-electron chi connectivity index (χ1n) is 6.76. The van der Waals surface area contributed by atoms with E-state index in [1.54, 1.807) is 0 Å². The maximum Gasteiger partial charge on any atom is 0.0628 e. The van der Waals surface area contributed by atoms with Gasteiger partial charge in [-0.15, -0.1) is 0 Å². The summed E-state index contributed by atoms with van der Waals surface area (Å²) in [6.45, 7) is 6.79. The van der Waals surface area contributed by atoms with E-state index in [4.69, 9.17) is 0 Å². The fourth-order valence-electron chi connectivity index (χ4n) is 3.83. The van der Waals surface area contributed by atoms with Gasteiger partial charge in [0.25, 0.3) is 0 Å².